The molecule has 0 fully saturated rings. The molecule has 0 aromatic carbocycles. The molecular weight excluding hydrogens is 296 g/mol. The molecule has 7 nitrogen and oxygen atoms in total. The van der Waals surface area contributed by atoms with Gasteiger partial charge in [0.2, 0.25) is 0 Å². The first-order chi connectivity index (χ1) is 7.99. The number of nitro groups is 1. The molecule has 0 atom stereocenters. The summed E-state index contributed by atoms with van der Waals surface area (Å²) >= 11 is 2.98. The SMILES string of the molecule is COC(Cn1cc([N+](=O)[O-])cc(Br)c1=O)OC. The maximum absolute atomic E-state index is 11.7. The van der Waals surface area contributed by atoms with Gasteiger partial charge >= 0.3 is 0 Å². The highest BCUT2D eigenvalue weighted by atomic mass is 79.9. The highest BCUT2D eigenvalue weighted by Gasteiger charge is 2.15. The van der Waals surface area contributed by atoms with E-state index in [-0.39, 0.29) is 22.3 Å². The molecule has 8 heteroatoms. The van der Waals surface area contributed by atoms with E-state index in [0.717, 1.165) is 12.3 Å². The second-order valence-corrected chi connectivity index (χ2v) is 4.02. The fourth-order valence-corrected chi connectivity index (χ4v) is 1.69. The monoisotopic (exact) mass is 306 g/mol. The van der Waals surface area contributed by atoms with E-state index in [9.17, 15) is 14.9 Å². The summed E-state index contributed by atoms with van der Waals surface area (Å²) in [5, 5.41) is 10.6. The van der Waals surface area contributed by atoms with Gasteiger partial charge in [0.1, 0.15) is 0 Å². The molecule has 0 N–H and O–H groups in total. The third-order valence-corrected chi connectivity index (χ3v) is 2.68. The van der Waals surface area contributed by atoms with E-state index >= 15 is 0 Å². The summed E-state index contributed by atoms with van der Waals surface area (Å²) in [7, 11) is 2.84. The second-order valence-electron chi connectivity index (χ2n) is 3.16. The van der Waals surface area contributed by atoms with Crippen LogP contribution in [0.3, 0.4) is 0 Å². The average molecular weight is 307 g/mol. The summed E-state index contributed by atoms with van der Waals surface area (Å²) in [6.07, 6.45) is 0.514. The van der Waals surface area contributed by atoms with Gasteiger partial charge in [0.25, 0.3) is 11.2 Å². The van der Waals surface area contributed by atoms with E-state index in [1.54, 1.807) is 0 Å². The molecule has 0 unspecified atom stereocenters. The van der Waals surface area contributed by atoms with Crippen molar-refractivity contribution >= 4 is 21.6 Å². The van der Waals surface area contributed by atoms with Crippen LogP contribution >= 0.6 is 15.9 Å². The van der Waals surface area contributed by atoms with E-state index in [2.05, 4.69) is 15.9 Å². The molecule has 0 saturated heterocycles. The number of methoxy groups -OCH3 is 2. The largest absolute Gasteiger partial charge is 0.354 e. The normalized spacial score (nSPS) is 10.8. The molecular formula is C9H11BrN2O5. The van der Waals surface area contributed by atoms with E-state index in [0.29, 0.717) is 0 Å². The van der Waals surface area contributed by atoms with Crippen molar-refractivity contribution in [2.75, 3.05) is 14.2 Å². The molecule has 0 aliphatic carbocycles. The van der Waals surface area contributed by atoms with Crippen LogP contribution in [0.15, 0.2) is 21.5 Å². The molecule has 0 saturated carbocycles. The number of pyridine rings is 1. The number of hydrogen-bond donors (Lipinski definition) is 0. The zero-order chi connectivity index (χ0) is 13.0. The van der Waals surface area contributed by atoms with Crippen LogP contribution in [-0.4, -0.2) is 30.0 Å². The predicted octanol–water partition coefficient (Wildman–Crippen LogP) is 1.14. The van der Waals surface area contributed by atoms with Crippen LogP contribution in [0.4, 0.5) is 5.69 Å². The van der Waals surface area contributed by atoms with Gasteiger partial charge in [0.05, 0.1) is 22.1 Å². The Morgan fingerprint density at radius 2 is 2.12 bits per heavy atom. The topological polar surface area (TPSA) is 83.6 Å². The smallest absolute Gasteiger partial charge is 0.286 e. The van der Waals surface area contributed by atoms with Gasteiger partial charge in [0.15, 0.2) is 6.29 Å². The molecule has 0 aliphatic rings. The maximum Gasteiger partial charge on any atom is 0.286 e. The molecule has 0 bridgehead atoms. The molecule has 1 aromatic rings. The number of nitrogens with zero attached hydrogens (tertiary/aromatic N) is 2. The minimum atomic E-state index is -0.637. The van der Waals surface area contributed by atoms with E-state index < -0.39 is 11.2 Å². The van der Waals surface area contributed by atoms with Gasteiger partial charge in [-0.15, -0.1) is 0 Å². The maximum atomic E-state index is 11.7. The van der Waals surface area contributed by atoms with E-state index in [4.69, 9.17) is 9.47 Å². The van der Waals surface area contributed by atoms with Crippen LogP contribution < -0.4 is 5.56 Å². The Labute approximate surface area is 105 Å². The van der Waals surface area contributed by atoms with E-state index in [1.807, 2.05) is 0 Å². The van der Waals surface area contributed by atoms with Gasteiger partial charge in [-0.2, -0.15) is 0 Å². The zero-order valence-corrected chi connectivity index (χ0v) is 10.8. The number of rotatable bonds is 5. The minimum absolute atomic E-state index is 0.0755. The number of ether oxygens (including phenoxy) is 2. The van der Waals surface area contributed by atoms with Crippen molar-refractivity contribution in [3.05, 3.63) is 37.2 Å². The van der Waals surface area contributed by atoms with Crippen molar-refractivity contribution in [1.82, 2.24) is 4.57 Å². The summed E-state index contributed by atoms with van der Waals surface area (Å²) in [5.41, 5.74) is -0.558. The lowest BCUT2D eigenvalue weighted by Crippen LogP contribution is -2.29. The fraction of sp³-hybridized carbons (Fsp3) is 0.444. The minimum Gasteiger partial charge on any atom is -0.354 e. The standard InChI is InChI=1S/C9H11BrN2O5/c1-16-8(17-2)5-11-4-6(12(14)15)3-7(10)9(11)13/h3-4,8H,5H2,1-2H3. The van der Waals surface area contributed by atoms with Gasteiger partial charge < -0.3 is 14.0 Å². The Hall–Kier alpha value is -1.25. The average Bonchev–Trinajstić information content (AvgIpc) is 2.30. The van der Waals surface area contributed by atoms with Gasteiger partial charge in [-0.1, -0.05) is 0 Å². The Balaban J connectivity index is 3.14. The fourth-order valence-electron chi connectivity index (χ4n) is 1.23. The van der Waals surface area contributed by atoms with Crippen LogP contribution in [0.25, 0.3) is 0 Å². The molecule has 1 aromatic heterocycles. The summed E-state index contributed by atoms with van der Waals surface area (Å²) in [5.74, 6) is 0. The van der Waals surface area contributed by atoms with Crippen molar-refractivity contribution in [3.8, 4) is 0 Å². The van der Waals surface area contributed by atoms with Crippen molar-refractivity contribution in [2.45, 2.75) is 12.8 Å². The van der Waals surface area contributed by atoms with E-state index in [1.165, 1.54) is 18.8 Å². The quantitative estimate of drug-likeness (QED) is 0.463. The third kappa shape index (κ3) is 3.35. The zero-order valence-electron chi connectivity index (χ0n) is 9.25. The van der Waals surface area contributed by atoms with Crippen LogP contribution in [0, 0.1) is 10.1 Å². The molecule has 0 amide bonds. The number of halogens is 1. The number of aromatic nitrogens is 1. The lowest BCUT2D eigenvalue weighted by Gasteiger charge is -2.14. The third-order valence-electron chi connectivity index (χ3n) is 2.11. The Kier molecular flexibility index (Phi) is 4.79. The Bertz CT molecular complexity index is 469. The van der Waals surface area contributed by atoms with Gasteiger partial charge in [-0.05, 0) is 15.9 Å². The molecule has 0 radical (unpaired) electrons. The van der Waals surface area contributed by atoms with Crippen LogP contribution in [-0.2, 0) is 16.0 Å². The highest BCUT2D eigenvalue weighted by Crippen LogP contribution is 2.14. The van der Waals surface area contributed by atoms with Gasteiger partial charge in [-0.3, -0.25) is 14.9 Å². The summed E-state index contributed by atoms with van der Waals surface area (Å²) in [6, 6.07) is 1.16. The van der Waals surface area contributed by atoms with Crippen molar-refractivity contribution < 1.29 is 14.4 Å². The lowest BCUT2D eigenvalue weighted by atomic mass is 10.4. The highest BCUT2D eigenvalue weighted by molar-refractivity contribution is 9.10. The molecule has 0 aliphatic heterocycles. The summed E-state index contributed by atoms with van der Waals surface area (Å²) < 4.78 is 11.2. The van der Waals surface area contributed by atoms with Crippen molar-refractivity contribution in [3.63, 3.8) is 0 Å². The van der Waals surface area contributed by atoms with Crippen LogP contribution in [0.1, 0.15) is 0 Å². The predicted molar refractivity (Wildman–Crippen MR) is 62.9 cm³/mol. The number of hydrogen-bond acceptors (Lipinski definition) is 5. The summed E-state index contributed by atoms with van der Waals surface area (Å²) in [6.45, 7) is 0.0755. The van der Waals surface area contributed by atoms with Crippen LogP contribution in [0.2, 0.25) is 0 Å². The Morgan fingerprint density at radius 3 is 2.59 bits per heavy atom. The lowest BCUT2D eigenvalue weighted by molar-refractivity contribution is -0.385. The molecule has 94 valence electrons. The van der Waals surface area contributed by atoms with Crippen LogP contribution in [0.5, 0.6) is 0 Å². The first kappa shape index (κ1) is 13.8. The first-order valence-corrected chi connectivity index (χ1v) is 5.39. The van der Waals surface area contributed by atoms with Crippen molar-refractivity contribution in [2.24, 2.45) is 0 Å². The summed E-state index contributed by atoms with van der Waals surface area (Å²) in [4.78, 5) is 21.8. The van der Waals surface area contributed by atoms with Gasteiger partial charge in [0, 0.05) is 20.3 Å². The molecule has 1 rings (SSSR count). The molecule has 0 spiro atoms. The Morgan fingerprint density at radius 1 is 1.53 bits per heavy atom. The molecule has 17 heavy (non-hydrogen) atoms. The van der Waals surface area contributed by atoms with Gasteiger partial charge in [-0.25, -0.2) is 0 Å². The second kappa shape index (κ2) is 5.89. The van der Waals surface area contributed by atoms with Crippen molar-refractivity contribution in [1.29, 1.82) is 0 Å². The molecule has 1 heterocycles. The first-order valence-electron chi connectivity index (χ1n) is 4.59.